The van der Waals surface area contributed by atoms with Crippen molar-refractivity contribution in [1.82, 2.24) is 0 Å². The third kappa shape index (κ3) is 0.300. The van der Waals surface area contributed by atoms with E-state index in [0.717, 1.165) is 10.8 Å². The number of hydrogen-bond acceptors (Lipinski definition) is 0. The lowest BCUT2D eigenvalue weighted by atomic mass is 9.70. The van der Waals surface area contributed by atoms with E-state index in [1.54, 1.807) is 32.1 Å². The van der Waals surface area contributed by atoms with Gasteiger partial charge in [-0.05, 0) is 48.9 Å². The predicted octanol–water partition coefficient (Wildman–Crippen LogP) is 2.59. The van der Waals surface area contributed by atoms with Crippen LogP contribution in [0, 0.1) is 16.7 Å². The van der Waals surface area contributed by atoms with Crippen molar-refractivity contribution in [3.05, 3.63) is 0 Å². The Morgan fingerprint density at radius 2 is 2.00 bits per heavy atom. The third-order valence-corrected chi connectivity index (χ3v) is 4.55. The summed E-state index contributed by atoms with van der Waals surface area (Å²) in [4.78, 5) is 0. The molecule has 2 unspecified atom stereocenters. The molecular weight excluding hydrogens is 108 g/mol. The summed E-state index contributed by atoms with van der Waals surface area (Å²) in [6.45, 7) is 2.51. The van der Waals surface area contributed by atoms with Crippen LogP contribution in [0.1, 0.15) is 39.0 Å². The van der Waals surface area contributed by atoms with Crippen molar-refractivity contribution in [3.8, 4) is 0 Å². The number of rotatable bonds is 0. The topological polar surface area (TPSA) is 0 Å². The highest BCUT2D eigenvalue weighted by Crippen LogP contribution is 2.83. The van der Waals surface area contributed by atoms with Crippen molar-refractivity contribution in [3.63, 3.8) is 0 Å². The smallest absolute Gasteiger partial charge is 0.0210 e. The summed E-state index contributed by atoms with van der Waals surface area (Å²) < 4.78 is 0. The molecule has 0 N–H and O–H groups in total. The highest BCUT2D eigenvalue weighted by molar-refractivity contribution is 5.23. The summed E-state index contributed by atoms with van der Waals surface area (Å²) in [5.74, 6) is 1.18. The lowest BCUT2D eigenvalue weighted by Crippen LogP contribution is -2.26. The molecule has 0 bridgehead atoms. The molecule has 0 nitrogen and oxygen atoms in total. The fraction of sp³-hybridized carbons (Fsp3) is 1.00. The van der Waals surface area contributed by atoms with Crippen LogP contribution < -0.4 is 0 Å². The lowest BCUT2D eigenvalue weighted by Gasteiger charge is -2.35. The molecule has 3 aliphatic rings. The van der Waals surface area contributed by atoms with E-state index in [2.05, 4.69) is 6.92 Å². The molecule has 50 valence electrons. The van der Waals surface area contributed by atoms with Crippen molar-refractivity contribution >= 4 is 0 Å². The van der Waals surface area contributed by atoms with Gasteiger partial charge in [0.05, 0.1) is 0 Å². The molecule has 0 amide bonds. The zero-order chi connectivity index (χ0) is 6.11. The monoisotopic (exact) mass is 122 g/mol. The van der Waals surface area contributed by atoms with E-state index < -0.39 is 0 Å². The first-order valence-electron chi connectivity index (χ1n) is 4.27. The average molecular weight is 122 g/mol. The van der Waals surface area contributed by atoms with Gasteiger partial charge in [0, 0.05) is 0 Å². The van der Waals surface area contributed by atoms with Crippen molar-refractivity contribution in [2.45, 2.75) is 39.0 Å². The summed E-state index contributed by atoms with van der Waals surface area (Å²) in [5.41, 5.74) is 1.79. The van der Waals surface area contributed by atoms with E-state index in [1.807, 2.05) is 0 Å². The van der Waals surface area contributed by atoms with Gasteiger partial charge in [-0.3, -0.25) is 0 Å². The molecule has 9 heavy (non-hydrogen) atoms. The van der Waals surface area contributed by atoms with Gasteiger partial charge in [0.25, 0.3) is 0 Å². The van der Waals surface area contributed by atoms with Crippen LogP contribution in [0.15, 0.2) is 0 Å². The Morgan fingerprint density at radius 1 is 1.22 bits per heavy atom. The van der Waals surface area contributed by atoms with Gasteiger partial charge in [0.1, 0.15) is 0 Å². The SMILES string of the molecule is C[C@]12CCC3CCC31C2. The van der Waals surface area contributed by atoms with Gasteiger partial charge >= 0.3 is 0 Å². The molecule has 0 radical (unpaired) electrons. The first-order chi connectivity index (χ1) is 4.27. The van der Waals surface area contributed by atoms with E-state index in [9.17, 15) is 0 Å². The van der Waals surface area contributed by atoms with Crippen LogP contribution in [-0.2, 0) is 0 Å². The third-order valence-electron chi connectivity index (χ3n) is 4.55. The lowest BCUT2D eigenvalue weighted by molar-refractivity contribution is 0.150. The van der Waals surface area contributed by atoms with E-state index >= 15 is 0 Å². The predicted molar refractivity (Wildman–Crippen MR) is 37.1 cm³/mol. The molecule has 0 aromatic rings. The summed E-state index contributed by atoms with van der Waals surface area (Å²) >= 11 is 0. The molecule has 0 aliphatic heterocycles. The first kappa shape index (κ1) is 4.76. The van der Waals surface area contributed by atoms with Gasteiger partial charge in [0.2, 0.25) is 0 Å². The zero-order valence-electron chi connectivity index (χ0n) is 6.11. The number of hydrogen-bond donors (Lipinski definition) is 0. The highest BCUT2D eigenvalue weighted by atomic mass is 14.8. The molecule has 0 aromatic heterocycles. The maximum atomic E-state index is 2.51. The van der Waals surface area contributed by atoms with E-state index in [4.69, 9.17) is 0 Å². The van der Waals surface area contributed by atoms with Crippen LogP contribution in [0.3, 0.4) is 0 Å². The molecule has 3 aliphatic carbocycles. The summed E-state index contributed by atoms with van der Waals surface area (Å²) in [7, 11) is 0. The Bertz CT molecular complexity index is 169. The molecule has 0 saturated heterocycles. The first-order valence-corrected chi connectivity index (χ1v) is 4.27. The standard InChI is InChI=1S/C9H14/c1-8-4-2-7-3-5-9(7,8)6-8/h7H,2-6H2,1H3/t7?,8-,9?/m1/s1. The normalized spacial score (nSPS) is 68.3. The summed E-state index contributed by atoms with van der Waals surface area (Å²) in [5, 5.41) is 0. The van der Waals surface area contributed by atoms with Crippen LogP contribution in [0.2, 0.25) is 0 Å². The molecule has 0 heterocycles. The fourth-order valence-electron chi connectivity index (χ4n) is 3.63. The van der Waals surface area contributed by atoms with Gasteiger partial charge < -0.3 is 0 Å². The van der Waals surface area contributed by atoms with Gasteiger partial charge in [0.15, 0.2) is 0 Å². The van der Waals surface area contributed by atoms with Crippen molar-refractivity contribution in [2.24, 2.45) is 16.7 Å². The minimum absolute atomic E-state index is 0.857. The Morgan fingerprint density at radius 3 is 2.22 bits per heavy atom. The molecule has 1 spiro atoms. The second-order valence-corrected chi connectivity index (χ2v) is 4.67. The minimum atomic E-state index is 0.857. The van der Waals surface area contributed by atoms with E-state index in [1.165, 1.54) is 5.92 Å². The Labute approximate surface area is 56.6 Å². The second-order valence-electron chi connectivity index (χ2n) is 4.67. The molecule has 3 atom stereocenters. The van der Waals surface area contributed by atoms with Crippen LogP contribution in [0.4, 0.5) is 0 Å². The summed E-state index contributed by atoms with van der Waals surface area (Å²) in [6.07, 6.45) is 7.85. The Kier molecular flexibility index (Phi) is 0.518. The van der Waals surface area contributed by atoms with Gasteiger partial charge in [-0.2, -0.15) is 0 Å². The molecular formula is C9H14. The van der Waals surface area contributed by atoms with E-state index in [-0.39, 0.29) is 0 Å². The van der Waals surface area contributed by atoms with Gasteiger partial charge in [-0.1, -0.05) is 6.92 Å². The highest BCUT2D eigenvalue weighted by Gasteiger charge is 2.74. The van der Waals surface area contributed by atoms with Crippen molar-refractivity contribution < 1.29 is 0 Å². The molecule has 3 rings (SSSR count). The van der Waals surface area contributed by atoms with Crippen molar-refractivity contribution in [1.29, 1.82) is 0 Å². The van der Waals surface area contributed by atoms with Crippen molar-refractivity contribution in [2.75, 3.05) is 0 Å². The summed E-state index contributed by atoms with van der Waals surface area (Å²) in [6, 6.07) is 0. The maximum Gasteiger partial charge on any atom is -0.0210 e. The average Bonchev–Trinajstić information content (AvgIpc) is 2.32. The van der Waals surface area contributed by atoms with E-state index in [0.29, 0.717) is 0 Å². The molecule has 3 saturated carbocycles. The zero-order valence-corrected chi connectivity index (χ0v) is 6.11. The van der Waals surface area contributed by atoms with Crippen LogP contribution in [0.25, 0.3) is 0 Å². The molecule has 0 heteroatoms. The molecule has 0 aromatic carbocycles. The molecule has 3 fully saturated rings. The van der Waals surface area contributed by atoms with Crippen LogP contribution >= 0.6 is 0 Å². The van der Waals surface area contributed by atoms with Gasteiger partial charge in [-0.25, -0.2) is 0 Å². The fourth-order valence-corrected chi connectivity index (χ4v) is 3.63. The Hall–Kier alpha value is 0. The van der Waals surface area contributed by atoms with Gasteiger partial charge in [-0.15, -0.1) is 0 Å². The van der Waals surface area contributed by atoms with Crippen LogP contribution in [0.5, 0.6) is 0 Å². The quantitative estimate of drug-likeness (QED) is 0.463. The Balaban J connectivity index is 2.04. The minimum Gasteiger partial charge on any atom is -0.0591 e. The maximum absolute atomic E-state index is 2.51. The van der Waals surface area contributed by atoms with Crippen LogP contribution in [-0.4, -0.2) is 0 Å². The second kappa shape index (κ2) is 0.980. The largest absolute Gasteiger partial charge is 0.0591 e.